The highest BCUT2D eigenvalue weighted by atomic mass is 32.1. The minimum Gasteiger partial charge on any atom is -0.332 e. The lowest BCUT2D eigenvalue weighted by atomic mass is 10.1. The zero-order chi connectivity index (χ0) is 17.8. The Hall–Kier alpha value is -2.73. The molecule has 0 spiro atoms. The molecule has 0 aliphatic carbocycles. The highest BCUT2D eigenvalue weighted by Gasteiger charge is 2.06. The Kier molecular flexibility index (Phi) is 5.09. The fourth-order valence-electron chi connectivity index (χ4n) is 2.43. The van der Waals surface area contributed by atoms with Crippen LogP contribution in [-0.4, -0.2) is 19.9 Å². The number of thiocarbonyl (C=S) groups is 1. The summed E-state index contributed by atoms with van der Waals surface area (Å²) in [7, 11) is 0. The maximum Gasteiger partial charge on any atom is 0.248 e. The summed E-state index contributed by atoms with van der Waals surface area (Å²) in [5.41, 5.74) is 5.71. The summed E-state index contributed by atoms with van der Waals surface area (Å²) in [6.07, 6.45) is 1.70. The SMILES string of the molecule is Cc1ccc(Cn2cnc(NC(=S)Nc3cc(C)ccc3C)n2)cc1. The normalized spacial score (nSPS) is 10.5. The first-order chi connectivity index (χ1) is 12.0. The van der Waals surface area contributed by atoms with Gasteiger partial charge in [0.15, 0.2) is 5.11 Å². The Morgan fingerprint density at radius 1 is 1.00 bits per heavy atom. The number of hydrogen-bond donors (Lipinski definition) is 2. The van der Waals surface area contributed by atoms with Crippen molar-refractivity contribution in [2.45, 2.75) is 27.3 Å². The van der Waals surface area contributed by atoms with Crippen LogP contribution < -0.4 is 10.6 Å². The van der Waals surface area contributed by atoms with Gasteiger partial charge in [0.25, 0.3) is 0 Å². The van der Waals surface area contributed by atoms with Crippen LogP contribution in [-0.2, 0) is 6.54 Å². The molecule has 0 saturated heterocycles. The van der Waals surface area contributed by atoms with Crippen molar-refractivity contribution < 1.29 is 0 Å². The second-order valence-corrected chi connectivity index (χ2v) is 6.56. The summed E-state index contributed by atoms with van der Waals surface area (Å²) in [6, 6.07) is 14.6. The number of anilines is 2. The summed E-state index contributed by atoms with van der Waals surface area (Å²) >= 11 is 5.36. The smallest absolute Gasteiger partial charge is 0.248 e. The van der Waals surface area contributed by atoms with Gasteiger partial charge in [-0.3, -0.25) is 5.32 Å². The number of hydrogen-bond acceptors (Lipinski definition) is 3. The van der Waals surface area contributed by atoms with Crippen LogP contribution in [0.25, 0.3) is 0 Å². The van der Waals surface area contributed by atoms with Gasteiger partial charge in [0.2, 0.25) is 5.95 Å². The molecular formula is C19H21N5S. The predicted octanol–water partition coefficient (Wildman–Crippen LogP) is 4.06. The Bertz CT molecular complexity index is 883. The van der Waals surface area contributed by atoms with Gasteiger partial charge in [-0.25, -0.2) is 9.67 Å². The molecule has 0 atom stereocenters. The first-order valence-electron chi connectivity index (χ1n) is 8.10. The summed E-state index contributed by atoms with van der Waals surface area (Å²) in [4.78, 5) is 4.26. The molecule has 0 fully saturated rings. The lowest BCUT2D eigenvalue weighted by Crippen LogP contribution is -2.20. The molecule has 25 heavy (non-hydrogen) atoms. The highest BCUT2D eigenvalue weighted by molar-refractivity contribution is 7.80. The molecular weight excluding hydrogens is 330 g/mol. The monoisotopic (exact) mass is 351 g/mol. The molecule has 0 amide bonds. The average Bonchev–Trinajstić information content (AvgIpc) is 3.00. The van der Waals surface area contributed by atoms with Crippen LogP contribution in [0.4, 0.5) is 11.6 Å². The fourth-order valence-corrected chi connectivity index (χ4v) is 2.64. The van der Waals surface area contributed by atoms with Gasteiger partial charge in [0.1, 0.15) is 6.33 Å². The van der Waals surface area contributed by atoms with Crippen molar-refractivity contribution >= 4 is 29.0 Å². The van der Waals surface area contributed by atoms with E-state index in [1.807, 2.05) is 6.92 Å². The number of aromatic nitrogens is 3. The average molecular weight is 351 g/mol. The largest absolute Gasteiger partial charge is 0.332 e. The molecule has 6 heteroatoms. The summed E-state index contributed by atoms with van der Waals surface area (Å²) in [5, 5.41) is 11.1. The first-order valence-corrected chi connectivity index (χ1v) is 8.51. The van der Waals surface area contributed by atoms with Gasteiger partial charge in [-0.2, -0.15) is 0 Å². The highest BCUT2D eigenvalue weighted by Crippen LogP contribution is 2.16. The van der Waals surface area contributed by atoms with E-state index < -0.39 is 0 Å². The topological polar surface area (TPSA) is 54.8 Å². The Morgan fingerprint density at radius 3 is 2.48 bits per heavy atom. The Balaban J connectivity index is 1.61. The van der Waals surface area contributed by atoms with Crippen molar-refractivity contribution in [1.82, 2.24) is 14.8 Å². The van der Waals surface area contributed by atoms with Crippen LogP contribution in [0.1, 0.15) is 22.3 Å². The van der Waals surface area contributed by atoms with Crippen LogP contribution in [0.2, 0.25) is 0 Å². The minimum atomic E-state index is 0.474. The van der Waals surface area contributed by atoms with Crippen LogP contribution in [0.5, 0.6) is 0 Å². The summed E-state index contributed by atoms with van der Waals surface area (Å²) in [6.45, 7) is 6.84. The zero-order valence-electron chi connectivity index (χ0n) is 14.6. The third-order valence-electron chi connectivity index (χ3n) is 3.87. The quantitative estimate of drug-likeness (QED) is 0.694. The predicted molar refractivity (Wildman–Crippen MR) is 106 cm³/mol. The van der Waals surface area contributed by atoms with Gasteiger partial charge >= 0.3 is 0 Å². The van der Waals surface area contributed by atoms with Crippen molar-refractivity contribution in [3.05, 3.63) is 71.0 Å². The van der Waals surface area contributed by atoms with Gasteiger partial charge in [-0.1, -0.05) is 42.0 Å². The third kappa shape index (κ3) is 4.64. The van der Waals surface area contributed by atoms with Gasteiger partial charge in [0.05, 0.1) is 6.54 Å². The second kappa shape index (κ2) is 7.44. The molecule has 2 aromatic carbocycles. The van der Waals surface area contributed by atoms with Crippen molar-refractivity contribution in [3.63, 3.8) is 0 Å². The second-order valence-electron chi connectivity index (χ2n) is 6.15. The van der Waals surface area contributed by atoms with Gasteiger partial charge in [-0.05, 0) is 55.7 Å². The maximum atomic E-state index is 5.36. The number of nitrogens with one attached hydrogen (secondary N) is 2. The number of benzene rings is 2. The molecule has 3 aromatic rings. The third-order valence-corrected chi connectivity index (χ3v) is 4.07. The summed E-state index contributed by atoms with van der Waals surface area (Å²) in [5.74, 6) is 0.481. The van der Waals surface area contributed by atoms with E-state index in [4.69, 9.17) is 12.2 Å². The number of aryl methyl sites for hydroxylation is 3. The molecule has 0 unspecified atom stereocenters. The molecule has 0 aliphatic heterocycles. The summed E-state index contributed by atoms with van der Waals surface area (Å²) < 4.78 is 1.79. The van der Waals surface area contributed by atoms with Crippen molar-refractivity contribution in [3.8, 4) is 0 Å². The zero-order valence-corrected chi connectivity index (χ0v) is 15.4. The van der Waals surface area contributed by atoms with E-state index in [1.54, 1.807) is 11.0 Å². The Morgan fingerprint density at radius 2 is 1.72 bits per heavy atom. The van der Waals surface area contributed by atoms with Gasteiger partial charge in [-0.15, -0.1) is 5.10 Å². The lowest BCUT2D eigenvalue weighted by Gasteiger charge is -2.11. The van der Waals surface area contributed by atoms with Crippen molar-refractivity contribution in [2.24, 2.45) is 0 Å². The van der Waals surface area contributed by atoms with Crippen LogP contribution in [0, 0.1) is 20.8 Å². The van der Waals surface area contributed by atoms with Crippen LogP contribution in [0.15, 0.2) is 48.8 Å². The van der Waals surface area contributed by atoms with Crippen molar-refractivity contribution in [1.29, 1.82) is 0 Å². The molecule has 3 rings (SSSR count). The number of nitrogens with zero attached hydrogens (tertiary/aromatic N) is 3. The molecule has 0 aliphatic rings. The lowest BCUT2D eigenvalue weighted by molar-refractivity contribution is 0.687. The molecule has 0 saturated carbocycles. The first kappa shape index (κ1) is 17.1. The van der Waals surface area contributed by atoms with E-state index in [-0.39, 0.29) is 0 Å². The molecule has 2 N–H and O–H groups in total. The Labute approximate surface area is 153 Å². The van der Waals surface area contributed by atoms with Gasteiger partial charge < -0.3 is 5.32 Å². The van der Waals surface area contributed by atoms with Crippen molar-refractivity contribution in [2.75, 3.05) is 10.6 Å². The molecule has 128 valence electrons. The van der Waals surface area contributed by atoms with E-state index in [2.05, 4.69) is 77.0 Å². The molecule has 0 bridgehead atoms. The number of rotatable bonds is 4. The van der Waals surface area contributed by atoms with E-state index in [0.29, 0.717) is 17.6 Å². The van der Waals surface area contributed by atoms with E-state index in [9.17, 15) is 0 Å². The van der Waals surface area contributed by atoms with E-state index in [1.165, 1.54) is 16.7 Å². The van der Waals surface area contributed by atoms with E-state index >= 15 is 0 Å². The fraction of sp³-hybridized carbons (Fsp3) is 0.211. The van der Waals surface area contributed by atoms with E-state index in [0.717, 1.165) is 11.3 Å². The molecule has 1 heterocycles. The van der Waals surface area contributed by atoms with Gasteiger partial charge in [0, 0.05) is 5.69 Å². The van der Waals surface area contributed by atoms with Crippen LogP contribution in [0.3, 0.4) is 0 Å². The maximum absolute atomic E-state index is 5.36. The molecule has 5 nitrogen and oxygen atoms in total. The van der Waals surface area contributed by atoms with Crippen LogP contribution >= 0.6 is 12.2 Å². The molecule has 1 aromatic heterocycles. The molecule has 0 radical (unpaired) electrons. The minimum absolute atomic E-state index is 0.474. The standard InChI is InChI=1S/C19H21N5S/c1-13-5-8-16(9-6-13)11-24-12-20-18(23-24)22-19(25)21-17-10-14(2)4-7-15(17)3/h4-10,12H,11H2,1-3H3,(H2,21,22,23,25).